The van der Waals surface area contributed by atoms with Crippen LogP contribution in [0.5, 0.6) is 0 Å². The standard InChI is InChI=1S/C7H7N3OS/c1-12(11)7-9-5-6-4-8-2-3-10(6)7/h2-5H,1H3/t12-/m0/s1. The summed E-state index contributed by atoms with van der Waals surface area (Å²) in [7, 11) is -1.05. The highest BCUT2D eigenvalue weighted by Gasteiger charge is 2.04. The van der Waals surface area contributed by atoms with Crippen LogP contribution in [0.2, 0.25) is 0 Å². The van der Waals surface area contributed by atoms with E-state index in [1.54, 1.807) is 35.4 Å². The second kappa shape index (κ2) is 2.67. The van der Waals surface area contributed by atoms with Gasteiger partial charge in [-0.2, -0.15) is 0 Å². The Kier molecular flexibility index (Phi) is 1.65. The maximum absolute atomic E-state index is 11.1. The van der Waals surface area contributed by atoms with Crippen LogP contribution in [0, 0.1) is 0 Å². The first-order valence-electron chi connectivity index (χ1n) is 3.39. The Morgan fingerprint density at radius 2 is 2.33 bits per heavy atom. The maximum atomic E-state index is 11.1. The van der Waals surface area contributed by atoms with Gasteiger partial charge in [-0.1, -0.05) is 0 Å². The van der Waals surface area contributed by atoms with Gasteiger partial charge in [0.25, 0.3) is 0 Å². The molecule has 0 N–H and O–H groups in total. The third-order valence-electron chi connectivity index (χ3n) is 1.56. The lowest BCUT2D eigenvalue weighted by Gasteiger charge is -1.94. The highest BCUT2D eigenvalue weighted by Crippen LogP contribution is 2.06. The van der Waals surface area contributed by atoms with Crippen LogP contribution in [0.1, 0.15) is 0 Å². The minimum absolute atomic E-state index is 0.562. The van der Waals surface area contributed by atoms with Crippen LogP contribution < -0.4 is 0 Å². The molecule has 0 spiro atoms. The molecular formula is C7H7N3OS. The molecule has 0 aliphatic heterocycles. The Labute approximate surface area is 71.7 Å². The van der Waals surface area contributed by atoms with E-state index in [0.29, 0.717) is 5.16 Å². The van der Waals surface area contributed by atoms with Gasteiger partial charge in [-0.15, -0.1) is 0 Å². The highest BCUT2D eigenvalue weighted by atomic mass is 32.2. The molecular weight excluding hydrogens is 174 g/mol. The third kappa shape index (κ3) is 1.02. The predicted molar refractivity (Wildman–Crippen MR) is 45.3 cm³/mol. The Morgan fingerprint density at radius 3 is 3.08 bits per heavy atom. The predicted octanol–water partition coefficient (Wildman–Crippen LogP) is 0.467. The zero-order chi connectivity index (χ0) is 8.55. The Hall–Kier alpha value is -1.23. The summed E-state index contributed by atoms with van der Waals surface area (Å²) < 4.78 is 12.9. The molecule has 0 bridgehead atoms. The van der Waals surface area contributed by atoms with Crippen molar-refractivity contribution in [1.82, 2.24) is 14.4 Å². The SMILES string of the molecule is C[S@](=O)c1ncc2cnccn12. The summed E-state index contributed by atoms with van der Waals surface area (Å²) >= 11 is 0. The monoisotopic (exact) mass is 181 g/mol. The molecule has 0 unspecified atom stereocenters. The molecule has 4 nitrogen and oxygen atoms in total. The summed E-state index contributed by atoms with van der Waals surface area (Å²) in [5.74, 6) is 0. The van der Waals surface area contributed by atoms with E-state index >= 15 is 0 Å². The summed E-state index contributed by atoms with van der Waals surface area (Å²) in [5.41, 5.74) is 0.864. The van der Waals surface area contributed by atoms with E-state index in [2.05, 4.69) is 9.97 Å². The van der Waals surface area contributed by atoms with Crippen LogP contribution in [-0.4, -0.2) is 24.8 Å². The lowest BCUT2D eigenvalue weighted by Crippen LogP contribution is -1.95. The summed E-state index contributed by atoms with van der Waals surface area (Å²) in [6.45, 7) is 0. The fourth-order valence-corrected chi connectivity index (χ4v) is 1.68. The van der Waals surface area contributed by atoms with Crippen molar-refractivity contribution in [3.8, 4) is 0 Å². The summed E-state index contributed by atoms with van der Waals surface area (Å²) in [6.07, 6.45) is 8.34. The number of rotatable bonds is 1. The first kappa shape index (κ1) is 7.42. The van der Waals surface area contributed by atoms with Crippen molar-refractivity contribution in [2.24, 2.45) is 0 Å². The maximum Gasteiger partial charge on any atom is 0.203 e. The number of hydrogen-bond acceptors (Lipinski definition) is 3. The van der Waals surface area contributed by atoms with Crippen molar-refractivity contribution in [3.05, 3.63) is 24.8 Å². The first-order chi connectivity index (χ1) is 5.79. The van der Waals surface area contributed by atoms with Gasteiger partial charge in [0.2, 0.25) is 5.16 Å². The van der Waals surface area contributed by atoms with Crippen molar-refractivity contribution in [2.75, 3.05) is 6.26 Å². The third-order valence-corrected chi connectivity index (χ3v) is 2.37. The average molecular weight is 181 g/mol. The van der Waals surface area contributed by atoms with Gasteiger partial charge in [0.05, 0.1) is 28.7 Å². The number of nitrogens with zero attached hydrogens (tertiary/aromatic N) is 3. The molecule has 0 fully saturated rings. The van der Waals surface area contributed by atoms with E-state index in [-0.39, 0.29) is 0 Å². The molecule has 2 aromatic heterocycles. The molecule has 62 valence electrons. The van der Waals surface area contributed by atoms with Gasteiger partial charge in [-0.25, -0.2) is 4.98 Å². The zero-order valence-corrected chi connectivity index (χ0v) is 7.28. The average Bonchev–Trinajstić information content (AvgIpc) is 2.47. The van der Waals surface area contributed by atoms with Gasteiger partial charge in [0, 0.05) is 18.6 Å². The van der Waals surface area contributed by atoms with E-state index in [0.717, 1.165) is 5.52 Å². The van der Waals surface area contributed by atoms with Crippen molar-refractivity contribution < 1.29 is 4.21 Å². The summed E-state index contributed by atoms with van der Waals surface area (Å²) in [6, 6.07) is 0. The molecule has 0 aromatic carbocycles. The zero-order valence-electron chi connectivity index (χ0n) is 6.47. The molecule has 0 aliphatic carbocycles. The largest absolute Gasteiger partial charge is 0.290 e. The van der Waals surface area contributed by atoms with Crippen molar-refractivity contribution in [2.45, 2.75) is 5.16 Å². The van der Waals surface area contributed by atoms with E-state index in [4.69, 9.17) is 0 Å². The number of hydrogen-bond donors (Lipinski definition) is 0. The Morgan fingerprint density at radius 1 is 1.50 bits per heavy atom. The van der Waals surface area contributed by atoms with Gasteiger partial charge in [-0.05, 0) is 0 Å². The second-order valence-corrected chi connectivity index (χ2v) is 3.64. The fraction of sp³-hybridized carbons (Fsp3) is 0.143. The van der Waals surface area contributed by atoms with Crippen molar-refractivity contribution >= 4 is 16.3 Å². The van der Waals surface area contributed by atoms with Crippen LogP contribution in [0.4, 0.5) is 0 Å². The molecule has 0 radical (unpaired) electrons. The van der Waals surface area contributed by atoms with Gasteiger partial charge in [-0.3, -0.25) is 13.6 Å². The van der Waals surface area contributed by atoms with Crippen molar-refractivity contribution in [1.29, 1.82) is 0 Å². The van der Waals surface area contributed by atoms with Gasteiger partial charge >= 0.3 is 0 Å². The molecule has 0 aliphatic rings. The normalized spacial score (nSPS) is 13.4. The Balaban J connectivity index is 2.79. The highest BCUT2D eigenvalue weighted by molar-refractivity contribution is 7.84. The fourth-order valence-electron chi connectivity index (χ4n) is 1.04. The molecule has 2 rings (SSSR count). The van der Waals surface area contributed by atoms with Gasteiger partial charge in [0.15, 0.2) is 0 Å². The molecule has 0 saturated heterocycles. The number of aromatic nitrogens is 3. The Bertz CT molecular complexity index is 437. The van der Waals surface area contributed by atoms with Gasteiger partial charge < -0.3 is 0 Å². The smallest absolute Gasteiger partial charge is 0.203 e. The lowest BCUT2D eigenvalue weighted by molar-refractivity contribution is 0.679. The molecule has 2 aromatic rings. The van der Waals surface area contributed by atoms with Crippen LogP contribution in [-0.2, 0) is 10.8 Å². The number of imidazole rings is 1. The van der Waals surface area contributed by atoms with E-state index in [9.17, 15) is 4.21 Å². The molecule has 2 heterocycles. The summed E-state index contributed by atoms with van der Waals surface area (Å²) in [5, 5.41) is 0.562. The number of fused-ring (bicyclic) bond motifs is 1. The van der Waals surface area contributed by atoms with Crippen LogP contribution in [0.15, 0.2) is 29.9 Å². The minimum atomic E-state index is -1.05. The quantitative estimate of drug-likeness (QED) is 0.642. The first-order valence-corrected chi connectivity index (χ1v) is 4.95. The molecule has 0 amide bonds. The molecule has 0 saturated carbocycles. The van der Waals surface area contributed by atoms with E-state index in [1.165, 1.54) is 0 Å². The van der Waals surface area contributed by atoms with Crippen molar-refractivity contribution in [3.63, 3.8) is 0 Å². The molecule has 5 heteroatoms. The molecule has 1 atom stereocenters. The second-order valence-electron chi connectivity index (χ2n) is 2.37. The van der Waals surface area contributed by atoms with Crippen LogP contribution in [0.25, 0.3) is 5.52 Å². The molecule has 12 heavy (non-hydrogen) atoms. The van der Waals surface area contributed by atoms with Gasteiger partial charge in [0.1, 0.15) is 0 Å². The van der Waals surface area contributed by atoms with Crippen LogP contribution in [0.3, 0.4) is 0 Å². The minimum Gasteiger partial charge on any atom is -0.290 e. The van der Waals surface area contributed by atoms with E-state index in [1.807, 2.05) is 0 Å². The van der Waals surface area contributed by atoms with Crippen LogP contribution >= 0.6 is 0 Å². The van der Waals surface area contributed by atoms with E-state index < -0.39 is 10.8 Å². The lowest BCUT2D eigenvalue weighted by atomic mass is 10.6. The topological polar surface area (TPSA) is 47.3 Å². The summed E-state index contributed by atoms with van der Waals surface area (Å²) in [4.78, 5) is 7.94.